The predicted molar refractivity (Wildman–Crippen MR) is 96.8 cm³/mol. The third-order valence-corrected chi connectivity index (χ3v) is 4.79. The monoisotopic (exact) mass is 380 g/mol. The van der Waals surface area contributed by atoms with Crippen molar-refractivity contribution in [1.82, 2.24) is 10.2 Å². The number of amidine groups is 1. The summed E-state index contributed by atoms with van der Waals surface area (Å²) in [5.41, 5.74) is 1.49. The SMILES string of the molecule is FC(F)(F)c1ccc2c(c1)N=C(N1CCNCC1)c1c(Cl)cccc1N2. The van der Waals surface area contributed by atoms with Crippen molar-refractivity contribution < 1.29 is 13.2 Å². The van der Waals surface area contributed by atoms with E-state index in [0.717, 1.165) is 30.9 Å². The third kappa shape index (κ3) is 3.12. The smallest absolute Gasteiger partial charge is 0.353 e. The van der Waals surface area contributed by atoms with Crippen LogP contribution in [0.25, 0.3) is 0 Å². The minimum Gasteiger partial charge on any atom is -0.353 e. The van der Waals surface area contributed by atoms with Gasteiger partial charge in [0.25, 0.3) is 0 Å². The normalized spacial score (nSPS) is 16.9. The van der Waals surface area contributed by atoms with E-state index in [2.05, 4.69) is 20.5 Å². The van der Waals surface area contributed by atoms with Crippen LogP contribution in [-0.2, 0) is 6.18 Å². The van der Waals surface area contributed by atoms with E-state index in [4.69, 9.17) is 11.6 Å². The number of hydrogen-bond acceptors (Lipinski definition) is 4. The van der Waals surface area contributed by atoms with Gasteiger partial charge in [-0.15, -0.1) is 0 Å². The zero-order valence-corrected chi connectivity index (χ0v) is 14.5. The number of nitrogens with one attached hydrogen (secondary N) is 2. The molecule has 1 fully saturated rings. The lowest BCUT2D eigenvalue weighted by Crippen LogP contribution is -2.46. The topological polar surface area (TPSA) is 39.7 Å². The first-order chi connectivity index (χ1) is 12.4. The molecule has 2 aromatic carbocycles. The van der Waals surface area contributed by atoms with Gasteiger partial charge in [0.1, 0.15) is 5.84 Å². The van der Waals surface area contributed by atoms with Crippen LogP contribution >= 0.6 is 11.6 Å². The maximum absolute atomic E-state index is 13.1. The molecule has 2 aliphatic heterocycles. The van der Waals surface area contributed by atoms with Crippen LogP contribution in [0.15, 0.2) is 41.4 Å². The lowest BCUT2D eigenvalue weighted by molar-refractivity contribution is -0.137. The lowest BCUT2D eigenvalue weighted by Gasteiger charge is -2.31. The van der Waals surface area contributed by atoms with E-state index < -0.39 is 11.7 Å². The summed E-state index contributed by atoms with van der Waals surface area (Å²) in [6.07, 6.45) is -4.42. The van der Waals surface area contributed by atoms with Gasteiger partial charge in [0.2, 0.25) is 0 Å². The molecule has 0 unspecified atom stereocenters. The Hall–Kier alpha value is -2.25. The second-order valence-corrected chi connectivity index (χ2v) is 6.60. The standard InChI is InChI=1S/C18H16ClF3N4/c19-12-2-1-3-14-16(12)17(26-8-6-23-7-9-26)25-15-10-11(18(20,21)22)4-5-13(15)24-14/h1-5,10,23-24H,6-9H2. The Balaban J connectivity index is 1.90. The molecular weight excluding hydrogens is 365 g/mol. The summed E-state index contributed by atoms with van der Waals surface area (Å²) in [6, 6.07) is 8.96. The van der Waals surface area contributed by atoms with Gasteiger partial charge < -0.3 is 15.5 Å². The highest BCUT2D eigenvalue weighted by molar-refractivity contribution is 6.35. The van der Waals surface area contributed by atoms with Crippen molar-refractivity contribution in [3.05, 3.63) is 52.5 Å². The quantitative estimate of drug-likeness (QED) is 0.711. The summed E-state index contributed by atoms with van der Waals surface area (Å²) in [5, 5.41) is 6.96. The van der Waals surface area contributed by atoms with E-state index >= 15 is 0 Å². The molecule has 2 N–H and O–H groups in total. The number of benzene rings is 2. The van der Waals surface area contributed by atoms with Crippen LogP contribution in [0.5, 0.6) is 0 Å². The number of nitrogens with zero attached hydrogens (tertiary/aromatic N) is 2. The van der Waals surface area contributed by atoms with Crippen molar-refractivity contribution in [3.63, 3.8) is 0 Å². The van der Waals surface area contributed by atoms with Crippen LogP contribution in [0.2, 0.25) is 5.02 Å². The Morgan fingerprint density at radius 1 is 1.04 bits per heavy atom. The molecule has 2 heterocycles. The van der Waals surface area contributed by atoms with Gasteiger partial charge in [-0.1, -0.05) is 17.7 Å². The molecule has 0 aliphatic carbocycles. The van der Waals surface area contributed by atoms with Crippen LogP contribution in [-0.4, -0.2) is 36.9 Å². The molecule has 2 aromatic rings. The minimum absolute atomic E-state index is 0.251. The Morgan fingerprint density at radius 2 is 1.81 bits per heavy atom. The molecule has 0 radical (unpaired) electrons. The van der Waals surface area contributed by atoms with Crippen molar-refractivity contribution in [3.8, 4) is 0 Å². The first-order valence-electron chi connectivity index (χ1n) is 8.25. The largest absolute Gasteiger partial charge is 0.416 e. The zero-order valence-electron chi connectivity index (χ0n) is 13.7. The Labute approximate surface area is 153 Å². The zero-order chi connectivity index (χ0) is 18.3. The average Bonchev–Trinajstić information content (AvgIpc) is 2.78. The maximum atomic E-state index is 13.1. The highest BCUT2D eigenvalue weighted by Crippen LogP contribution is 2.40. The van der Waals surface area contributed by atoms with E-state index in [1.165, 1.54) is 6.07 Å². The molecule has 0 saturated carbocycles. The Kier molecular flexibility index (Phi) is 4.28. The van der Waals surface area contributed by atoms with Crippen LogP contribution in [0.1, 0.15) is 11.1 Å². The summed E-state index contributed by atoms with van der Waals surface area (Å²) in [5.74, 6) is 0.595. The fraction of sp³-hybridized carbons (Fsp3) is 0.278. The van der Waals surface area contributed by atoms with Crippen LogP contribution in [0, 0.1) is 0 Å². The Bertz CT molecular complexity index is 873. The van der Waals surface area contributed by atoms with Gasteiger partial charge in [0, 0.05) is 26.2 Å². The van der Waals surface area contributed by atoms with Gasteiger partial charge in [-0.3, -0.25) is 0 Å². The minimum atomic E-state index is -4.42. The molecular formula is C18H16ClF3N4. The first-order valence-corrected chi connectivity index (χ1v) is 8.63. The van der Waals surface area contributed by atoms with E-state index in [0.29, 0.717) is 35.2 Å². The van der Waals surface area contributed by atoms with Gasteiger partial charge >= 0.3 is 6.18 Å². The number of rotatable bonds is 0. The number of alkyl halides is 3. The summed E-state index contributed by atoms with van der Waals surface area (Å²) in [7, 11) is 0. The molecule has 26 heavy (non-hydrogen) atoms. The van der Waals surface area contributed by atoms with Crippen molar-refractivity contribution in [2.24, 2.45) is 4.99 Å². The maximum Gasteiger partial charge on any atom is 0.416 e. The van der Waals surface area contributed by atoms with E-state index in [-0.39, 0.29) is 5.69 Å². The molecule has 0 amide bonds. The lowest BCUT2D eigenvalue weighted by atomic mass is 10.1. The molecule has 4 rings (SSSR count). The fourth-order valence-electron chi connectivity index (χ4n) is 3.18. The summed E-state index contributed by atoms with van der Waals surface area (Å²) >= 11 is 6.43. The molecule has 0 spiro atoms. The molecule has 8 heteroatoms. The number of anilines is 2. The average molecular weight is 381 g/mol. The molecule has 2 aliphatic rings. The van der Waals surface area contributed by atoms with Crippen LogP contribution in [0.4, 0.5) is 30.2 Å². The Morgan fingerprint density at radius 3 is 2.54 bits per heavy atom. The third-order valence-electron chi connectivity index (χ3n) is 4.47. The number of piperazine rings is 1. The van der Waals surface area contributed by atoms with Crippen molar-refractivity contribution in [1.29, 1.82) is 0 Å². The molecule has 0 aromatic heterocycles. The van der Waals surface area contributed by atoms with Crippen molar-refractivity contribution >= 4 is 34.5 Å². The van der Waals surface area contributed by atoms with Gasteiger partial charge in [0.05, 0.1) is 33.2 Å². The van der Waals surface area contributed by atoms with Gasteiger partial charge in [0.15, 0.2) is 0 Å². The molecule has 136 valence electrons. The fourth-order valence-corrected chi connectivity index (χ4v) is 3.44. The second kappa shape index (κ2) is 6.48. The number of hydrogen-bond donors (Lipinski definition) is 2. The van der Waals surface area contributed by atoms with Crippen molar-refractivity contribution in [2.75, 3.05) is 31.5 Å². The molecule has 0 atom stereocenters. The van der Waals surface area contributed by atoms with E-state index in [9.17, 15) is 13.2 Å². The highest BCUT2D eigenvalue weighted by Gasteiger charge is 2.32. The summed E-state index contributed by atoms with van der Waals surface area (Å²) in [6.45, 7) is 2.97. The number of halogens is 4. The number of aliphatic imine (C=N–C) groups is 1. The molecule has 1 saturated heterocycles. The first kappa shape index (κ1) is 17.2. The summed E-state index contributed by atoms with van der Waals surface area (Å²) < 4.78 is 39.4. The molecule has 4 nitrogen and oxygen atoms in total. The van der Waals surface area contributed by atoms with Crippen LogP contribution < -0.4 is 10.6 Å². The van der Waals surface area contributed by atoms with Crippen molar-refractivity contribution in [2.45, 2.75) is 6.18 Å². The highest BCUT2D eigenvalue weighted by atomic mass is 35.5. The predicted octanol–water partition coefficient (Wildman–Crippen LogP) is 4.40. The van der Waals surface area contributed by atoms with Gasteiger partial charge in [-0.05, 0) is 30.3 Å². The van der Waals surface area contributed by atoms with Crippen LogP contribution in [0.3, 0.4) is 0 Å². The van der Waals surface area contributed by atoms with Gasteiger partial charge in [-0.25, -0.2) is 4.99 Å². The number of fused-ring (bicyclic) bond motifs is 2. The van der Waals surface area contributed by atoms with Gasteiger partial charge in [-0.2, -0.15) is 13.2 Å². The van der Waals surface area contributed by atoms with E-state index in [1.807, 2.05) is 6.07 Å². The molecule has 0 bridgehead atoms. The van der Waals surface area contributed by atoms with E-state index in [1.54, 1.807) is 12.1 Å². The summed E-state index contributed by atoms with van der Waals surface area (Å²) in [4.78, 5) is 6.66. The second-order valence-electron chi connectivity index (χ2n) is 6.19.